The van der Waals surface area contributed by atoms with Crippen LogP contribution in [0.15, 0.2) is 24.4 Å². The zero-order valence-corrected chi connectivity index (χ0v) is 12.6. The van der Waals surface area contributed by atoms with Gasteiger partial charge in [-0.2, -0.15) is 5.10 Å². The van der Waals surface area contributed by atoms with Gasteiger partial charge in [0.25, 0.3) is 0 Å². The van der Waals surface area contributed by atoms with E-state index in [4.69, 9.17) is 4.74 Å². The van der Waals surface area contributed by atoms with Gasteiger partial charge in [-0.3, -0.25) is 9.48 Å². The van der Waals surface area contributed by atoms with Crippen molar-refractivity contribution in [3.63, 3.8) is 0 Å². The van der Waals surface area contributed by atoms with Crippen LogP contribution in [0.4, 0.5) is 0 Å². The van der Waals surface area contributed by atoms with Gasteiger partial charge in [-0.15, -0.1) is 10.2 Å². The van der Waals surface area contributed by atoms with E-state index in [1.165, 1.54) is 7.11 Å². The second-order valence-corrected chi connectivity index (χ2v) is 4.82. The smallest absolute Gasteiger partial charge is 0.233 e. The molecule has 0 amide bonds. The molecule has 0 aliphatic carbocycles. The number of rotatable bonds is 7. The fourth-order valence-electron chi connectivity index (χ4n) is 2.17. The largest absolute Gasteiger partial charge is 0.480 e. The minimum Gasteiger partial charge on any atom is -0.480 e. The summed E-state index contributed by atoms with van der Waals surface area (Å²) in [5.74, 6) is 0.296. The maximum absolute atomic E-state index is 12.1. The lowest BCUT2D eigenvalue weighted by atomic mass is 10.1. The van der Waals surface area contributed by atoms with Crippen LogP contribution in [0.3, 0.4) is 0 Å². The van der Waals surface area contributed by atoms with Crippen molar-refractivity contribution in [2.24, 2.45) is 0 Å². The summed E-state index contributed by atoms with van der Waals surface area (Å²) >= 11 is 0. The molecule has 6 heteroatoms. The first-order chi connectivity index (χ1) is 10.2. The number of carbonyl (C=O) groups excluding carboxylic acids is 1. The molecule has 0 saturated heterocycles. The molecular formula is C15H20N4O2. The Morgan fingerprint density at radius 2 is 2.00 bits per heavy atom. The molecule has 0 aliphatic heterocycles. The Kier molecular flexibility index (Phi) is 5.03. The lowest BCUT2D eigenvalue weighted by Gasteiger charge is -2.12. The number of ketones is 1. The Hall–Kier alpha value is -2.24. The van der Waals surface area contributed by atoms with Crippen molar-refractivity contribution in [3.05, 3.63) is 35.8 Å². The summed E-state index contributed by atoms with van der Waals surface area (Å²) in [6.45, 7) is 4.27. The monoisotopic (exact) mass is 288 g/mol. The second kappa shape index (κ2) is 6.97. The molecule has 0 aromatic carbocycles. The summed E-state index contributed by atoms with van der Waals surface area (Å²) in [4.78, 5) is 12.1. The molecule has 0 radical (unpaired) electrons. The van der Waals surface area contributed by atoms with E-state index in [9.17, 15) is 4.79 Å². The Morgan fingerprint density at radius 1 is 1.24 bits per heavy atom. The third-order valence-electron chi connectivity index (χ3n) is 3.46. The van der Waals surface area contributed by atoms with Crippen molar-refractivity contribution in [2.75, 3.05) is 7.11 Å². The van der Waals surface area contributed by atoms with E-state index < -0.39 is 0 Å². The Morgan fingerprint density at radius 3 is 2.57 bits per heavy atom. The van der Waals surface area contributed by atoms with Gasteiger partial charge in [-0.25, -0.2) is 0 Å². The number of nitrogens with zero attached hydrogens (tertiary/aromatic N) is 4. The number of Topliss-reactive ketones (excluding diaryl/α,β-unsaturated/α-hetero) is 1. The van der Waals surface area contributed by atoms with E-state index in [1.807, 2.05) is 16.9 Å². The van der Waals surface area contributed by atoms with E-state index in [0.717, 1.165) is 18.5 Å². The zero-order chi connectivity index (χ0) is 15.2. The fourth-order valence-corrected chi connectivity index (χ4v) is 2.17. The van der Waals surface area contributed by atoms with E-state index in [-0.39, 0.29) is 12.2 Å². The van der Waals surface area contributed by atoms with Crippen LogP contribution in [-0.4, -0.2) is 32.9 Å². The molecule has 2 aromatic rings. The Bertz CT molecular complexity index is 588. The normalized spacial score (nSPS) is 10.9. The molecule has 0 spiro atoms. The molecule has 6 nitrogen and oxygen atoms in total. The van der Waals surface area contributed by atoms with Crippen LogP contribution in [-0.2, 0) is 6.42 Å². The van der Waals surface area contributed by atoms with Gasteiger partial charge in [-0.1, -0.05) is 13.8 Å². The highest BCUT2D eigenvalue weighted by Crippen LogP contribution is 2.15. The van der Waals surface area contributed by atoms with Gasteiger partial charge in [0.1, 0.15) is 5.69 Å². The zero-order valence-electron chi connectivity index (χ0n) is 12.6. The quantitative estimate of drug-likeness (QED) is 0.732. The molecule has 21 heavy (non-hydrogen) atoms. The van der Waals surface area contributed by atoms with Crippen molar-refractivity contribution in [1.29, 1.82) is 0 Å². The predicted octanol–water partition coefficient (Wildman–Crippen LogP) is 2.47. The first kappa shape index (κ1) is 15.2. The number of hydrogen-bond acceptors (Lipinski definition) is 5. The Labute approximate surface area is 124 Å². The average Bonchev–Trinajstić information content (AvgIpc) is 2.97. The van der Waals surface area contributed by atoms with E-state index in [2.05, 4.69) is 29.1 Å². The number of aromatic nitrogens is 4. The minimum atomic E-state index is -0.0973. The number of carbonyl (C=O) groups is 1. The molecule has 0 atom stereocenters. The number of hydrogen-bond donors (Lipinski definition) is 0. The summed E-state index contributed by atoms with van der Waals surface area (Å²) in [7, 11) is 1.51. The predicted molar refractivity (Wildman–Crippen MR) is 78.5 cm³/mol. The van der Waals surface area contributed by atoms with Crippen molar-refractivity contribution in [2.45, 2.75) is 39.2 Å². The molecule has 112 valence electrons. The third kappa shape index (κ3) is 3.65. The third-order valence-corrected chi connectivity index (χ3v) is 3.46. The standard InChI is InChI=1S/C15H20N4O2/c1-4-12(5-2)19-9-8-11(18-19)10-14(20)13-6-7-15(21-3)17-16-13/h6-9,12H,4-5,10H2,1-3H3. The van der Waals surface area contributed by atoms with Gasteiger partial charge >= 0.3 is 0 Å². The molecule has 0 aliphatic rings. The van der Waals surface area contributed by atoms with Gasteiger partial charge in [0.05, 0.1) is 25.3 Å². The van der Waals surface area contributed by atoms with Gasteiger partial charge in [0.15, 0.2) is 5.78 Å². The van der Waals surface area contributed by atoms with Crippen LogP contribution in [0.1, 0.15) is 48.9 Å². The first-order valence-electron chi connectivity index (χ1n) is 7.12. The molecule has 0 saturated carbocycles. The van der Waals surface area contributed by atoms with Crippen molar-refractivity contribution < 1.29 is 9.53 Å². The molecule has 2 rings (SSSR count). The maximum atomic E-state index is 12.1. The SMILES string of the molecule is CCC(CC)n1ccc(CC(=O)c2ccc(OC)nn2)n1. The van der Waals surface area contributed by atoms with Gasteiger partial charge < -0.3 is 4.74 Å². The molecule has 2 aromatic heterocycles. The Balaban J connectivity index is 2.05. The number of ether oxygens (including phenoxy) is 1. The lowest BCUT2D eigenvalue weighted by Crippen LogP contribution is -2.10. The lowest BCUT2D eigenvalue weighted by molar-refractivity contribution is 0.0985. The fraction of sp³-hybridized carbons (Fsp3) is 0.467. The second-order valence-electron chi connectivity index (χ2n) is 4.82. The topological polar surface area (TPSA) is 69.9 Å². The summed E-state index contributed by atoms with van der Waals surface area (Å²) < 4.78 is 6.85. The van der Waals surface area contributed by atoms with Crippen LogP contribution in [0, 0.1) is 0 Å². The summed E-state index contributed by atoms with van der Waals surface area (Å²) in [5, 5.41) is 12.1. The highest BCUT2D eigenvalue weighted by molar-refractivity contribution is 5.95. The van der Waals surface area contributed by atoms with Crippen LogP contribution in [0.25, 0.3) is 0 Å². The molecule has 0 bridgehead atoms. The molecule has 2 heterocycles. The molecule has 0 N–H and O–H groups in total. The van der Waals surface area contributed by atoms with E-state index in [1.54, 1.807) is 12.1 Å². The highest BCUT2D eigenvalue weighted by Gasteiger charge is 2.13. The van der Waals surface area contributed by atoms with Crippen LogP contribution in [0.5, 0.6) is 5.88 Å². The highest BCUT2D eigenvalue weighted by atomic mass is 16.5. The van der Waals surface area contributed by atoms with E-state index in [0.29, 0.717) is 17.6 Å². The molecular weight excluding hydrogens is 268 g/mol. The average molecular weight is 288 g/mol. The summed E-state index contributed by atoms with van der Waals surface area (Å²) in [5.41, 5.74) is 1.08. The summed E-state index contributed by atoms with van der Waals surface area (Å²) in [6, 6.07) is 5.51. The van der Waals surface area contributed by atoms with Crippen molar-refractivity contribution in [1.82, 2.24) is 20.0 Å². The maximum Gasteiger partial charge on any atom is 0.233 e. The van der Waals surface area contributed by atoms with Crippen molar-refractivity contribution in [3.8, 4) is 5.88 Å². The van der Waals surface area contributed by atoms with Crippen LogP contribution < -0.4 is 4.74 Å². The minimum absolute atomic E-state index is 0.0973. The van der Waals surface area contributed by atoms with Gasteiger partial charge in [0.2, 0.25) is 5.88 Å². The number of methoxy groups -OCH3 is 1. The first-order valence-corrected chi connectivity index (χ1v) is 7.12. The van der Waals surface area contributed by atoms with Crippen LogP contribution >= 0.6 is 0 Å². The van der Waals surface area contributed by atoms with Gasteiger partial charge in [-0.05, 0) is 25.0 Å². The van der Waals surface area contributed by atoms with Crippen molar-refractivity contribution >= 4 is 5.78 Å². The molecule has 0 fully saturated rings. The summed E-state index contributed by atoms with van der Waals surface area (Å²) in [6.07, 6.45) is 4.21. The molecule has 0 unspecified atom stereocenters. The van der Waals surface area contributed by atoms with Gasteiger partial charge in [0, 0.05) is 12.3 Å². The van der Waals surface area contributed by atoms with E-state index >= 15 is 0 Å². The van der Waals surface area contributed by atoms with Crippen LogP contribution in [0.2, 0.25) is 0 Å².